The Labute approximate surface area is 72.6 Å². The number of aromatic nitrogens is 3. The Balaban J connectivity index is 2.88. The second-order valence-corrected chi connectivity index (χ2v) is 2.47. The van der Waals surface area contributed by atoms with Crippen LogP contribution in [-0.2, 0) is 0 Å². The molecule has 0 bridgehead atoms. The summed E-state index contributed by atoms with van der Waals surface area (Å²) in [5.74, 6) is -0.981. The first kappa shape index (κ1) is 7.53. The summed E-state index contributed by atoms with van der Waals surface area (Å²) in [5, 5.41) is 16.0. The normalized spacial score (nSPS) is 10.5. The van der Waals surface area contributed by atoms with Gasteiger partial charge in [0.2, 0.25) is 5.95 Å². The molecule has 0 saturated carbocycles. The minimum atomic E-state index is -1.06. The molecule has 0 aliphatic rings. The van der Waals surface area contributed by atoms with E-state index in [1.54, 1.807) is 12.1 Å². The number of rotatable bonds is 1. The van der Waals surface area contributed by atoms with Gasteiger partial charge in [0.05, 0.1) is 0 Å². The van der Waals surface area contributed by atoms with Crippen molar-refractivity contribution < 1.29 is 9.90 Å². The average Bonchev–Trinajstić information content (AvgIpc) is 2.48. The molecule has 0 fully saturated rings. The number of aromatic carboxylic acids is 1. The minimum absolute atomic E-state index is 0.0556. The van der Waals surface area contributed by atoms with Gasteiger partial charge in [-0.2, -0.15) is 0 Å². The minimum Gasteiger partial charge on any atom is -0.477 e. The number of fused-ring (bicyclic) bond motifs is 1. The molecule has 6 heteroatoms. The fraction of sp³-hybridized carbons (Fsp3) is 0. The highest BCUT2D eigenvalue weighted by Crippen LogP contribution is 2.09. The Bertz CT molecular complexity index is 476. The van der Waals surface area contributed by atoms with E-state index in [1.165, 1.54) is 10.5 Å². The summed E-state index contributed by atoms with van der Waals surface area (Å²) >= 11 is 0. The molecule has 2 aromatic rings. The Morgan fingerprint density at radius 1 is 1.46 bits per heavy atom. The second kappa shape index (κ2) is 2.44. The third kappa shape index (κ3) is 0.994. The highest BCUT2D eigenvalue weighted by molar-refractivity contribution is 5.87. The molecule has 0 aliphatic heterocycles. The number of carbonyl (C=O) groups is 1. The summed E-state index contributed by atoms with van der Waals surface area (Å²) in [5.41, 5.74) is 5.92. The third-order valence-electron chi connectivity index (χ3n) is 1.67. The smallest absolute Gasteiger partial charge is 0.353 e. The maximum Gasteiger partial charge on any atom is 0.353 e. The number of nitrogen functional groups attached to an aromatic ring is 1. The fourth-order valence-electron chi connectivity index (χ4n) is 1.13. The Hall–Kier alpha value is -2.11. The number of anilines is 1. The number of nitrogens with two attached hydrogens (primary N) is 1. The van der Waals surface area contributed by atoms with Gasteiger partial charge >= 0.3 is 5.97 Å². The van der Waals surface area contributed by atoms with E-state index < -0.39 is 5.97 Å². The average molecular weight is 178 g/mol. The van der Waals surface area contributed by atoms with Gasteiger partial charge in [-0.15, -0.1) is 10.2 Å². The molecule has 3 N–H and O–H groups in total. The summed E-state index contributed by atoms with van der Waals surface area (Å²) in [6, 6.07) is 4.66. The van der Waals surface area contributed by atoms with Gasteiger partial charge in [-0.1, -0.05) is 6.07 Å². The van der Waals surface area contributed by atoms with Gasteiger partial charge in [0.25, 0.3) is 0 Å². The van der Waals surface area contributed by atoms with Crippen molar-refractivity contribution in [2.24, 2.45) is 0 Å². The zero-order valence-electron chi connectivity index (χ0n) is 6.51. The van der Waals surface area contributed by atoms with Crippen molar-refractivity contribution in [1.82, 2.24) is 14.6 Å². The molecule has 2 rings (SSSR count). The van der Waals surface area contributed by atoms with E-state index in [0.29, 0.717) is 5.65 Å². The van der Waals surface area contributed by atoms with E-state index in [9.17, 15) is 4.79 Å². The lowest BCUT2D eigenvalue weighted by Gasteiger charge is -1.98. The number of nitrogens with zero attached hydrogens (tertiary/aromatic N) is 3. The highest BCUT2D eigenvalue weighted by Gasteiger charge is 2.11. The van der Waals surface area contributed by atoms with E-state index >= 15 is 0 Å². The maximum atomic E-state index is 10.7. The summed E-state index contributed by atoms with van der Waals surface area (Å²) in [6.07, 6.45) is 0. The monoisotopic (exact) mass is 178 g/mol. The molecule has 66 valence electrons. The Morgan fingerprint density at radius 2 is 2.23 bits per heavy atom. The quantitative estimate of drug-likeness (QED) is 0.641. The number of carboxylic acid groups (broad SMARTS) is 1. The molecule has 0 atom stereocenters. The van der Waals surface area contributed by atoms with Gasteiger partial charge in [-0.25, -0.2) is 4.79 Å². The predicted molar refractivity (Wildman–Crippen MR) is 44.4 cm³/mol. The van der Waals surface area contributed by atoms with Crippen LogP contribution < -0.4 is 5.73 Å². The van der Waals surface area contributed by atoms with E-state index in [4.69, 9.17) is 10.8 Å². The predicted octanol–water partition coefficient (Wildman–Crippen LogP) is 0.00970. The lowest BCUT2D eigenvalue weighted by atomic mass is 10.3. The number of carboxylic acids is 1. The van der Waals surface area contributed by atoms with Crippen molar-refractivity contribution in [2.75, 3.05) is 5.73 Å². The SMILES string of the molecule is Nc1nnc2cccc(C(=O)O)n12. The van der Waals surface area contributed by atoms with Crippen LogP contribution in [0, 0.1) is 0 Å². The first-order valence-corrected chi connectivity index (χ1v) is 3.53. The second-order valence-electron chi connectivity index (χ2n) is 2.47. The van der Waals surface area contributed by atoms with Crippen LogP contribution in [0.4, 0.5) is 5.95 Å². The van der Waals surface area contributed by atoms with Gasteiger partial charge in [-0.3, -0.25) is 4.40 Å². The van der Waals surface area contributed by atoms with E-state index in [-0.39, 0.29) is 11.6 Å². The van der Waals surface area contributed by atoms with Crippen molar-refractivity contribution in [3.05, 3.63) is 23.9 Å². The molecule has 0 aromatic carbocycles. The van der Waals surface area contributed by atoms with Crippen molar-refractivity contribution in [1.29, 1.82) is 0 Å². The van der Waals surface area contributed by atoms with Crippen LogP contribution in [0.25, 0.3) is 5.65 Å². The van der Waals surface area contributed by atoms with Gasteiger partial charge in [0, 0.05) is 0 Å². The first-order chi connectivity index (χ1) is 6.20. The lowest BCUT2D eigenvalue weighted by Crippen LogP contribution is -2.06. The Morgan fingerprint density at radius 3 is 2.92 bits per heavy atom. The number of hydrogen-bond acceptors (Lipinski definition) is 4. The summed E-state index contributed by atoms with van der Waals surface area (Å²) in [4.78, 5) is 10.7. The molecule has 0 unspecified atom stereocenters. The van der Waals surface area contributed by atoms with Crippen molar-refractivity contribution in [3.8, 4) is 0 Å². The van der Waals surface area contributed by atoms with Crippen LogP contribution >= 0.6 is 0 Å². The van der Waals surface area contributed by atoms with Gasteiger partial charge in [-0.05, 0) is 12.1 Å². The molecule has 0 amide bonds. The van der Waals surface area contributed by atoms with Crippen molar-refractivity contribution >= 4 is 17.6 Å². The fourth-order valence-corrected chi connectivity index (χ4v) is 1.13. The molecule has 6 nitrogen and oxygen atoms in total. The van der Waals surface area contributed by atoms with Gasteiger partial charge in [0.15, 0.2) is 5.65 Å². The molecule has 0 saturated heterocycles. The van der Waals surface area contributed by atoms with Crippen molar-refractivity contribution in [3.63, 3.8) is 0 Å². The van der Waals surface area contributed by atoms with Crippen LogP contribution in [0.2, 0.25) is 0 Å². The number of pyridine rings is 1. The zero-order chi connectivity index (χ0) is 9.42. The molecular weight excluding hydrogens is 172 g/mol. The van der Waals surface area contributed by atoms with Crippen LogP contribution in [0.1, 0.15) is 10.5 Å². The summed E-state index contributed by atoms with van der Waals surface area (Å²) in [7, 11) is 0. The molecule has 0 radical (unpaired) electrons. The van der Waals surface area contributed by atoms with Crippen LogP contribution in [0.3, 0.4) is 0 Å². The van der Waals surface area contributed by atoms with Crippen LogP contribution in [0.15, 0.2) is 18.2 Å². The van der Waals surface area contributed by atoms with E-state index in [0.717, 1.165) is 0 Å². The zero-order valence-corrected chi connectivity index (χ0v) is 6.51. The van der Waals surface area contributed by atoms with Crippen LogP contribution in [0.5, 0.6) is 0 Å². The molecule has 13 heavy (non-hydrogen) atoms. The van der Waals surface area contributed by atoms with Crippen molar-refractivity contribution in [2.45, 2.75) is 0 Å². The standard InChI is InChI=1S/C7H6N4O2/c8-7-10-9-5-3-1-2-4(6(12)13)11(5)7/h1-3H,(H2,8,10)(H,12,13). The largest absolute Gasteiger partial charge is 0.477 e. The number of hydrogen-bond donors (Lipinski definition) is 2. The third-order valence-corrected chi connectivity index (χ3v) is 1.67. The van der Waals surface area contributed by atoms with E-state index in [1.807, 2.05) is 0 Å². The molecule has 2 aromatic heterocycles. The Kier molecular flexibility index (Phi) is 1.42. The molecule has 0 spiro atoms. The summed E-state index contributed by atoms with van der Waals surface area (Å²) in [6.45, 7) is 0. The van der Waals surface area contributed by atoms with Crippen LogP contribution in [-0.4, -0.2) is 25.7 Å². The molecular formula is C7H6N4O2. The first-order valence-electron chi connectivity index (χ1n) is 3.53. The van der Waals surface area contributed by atoms with Gasteiger partial charge < -0.3 is 10.8 Å². The summed E-state index contributed by atoms with van der Waals surface area (Å²) < 4.78 is 1.28. The lowest BCUT2D eigenvalue weighted by molar-refractivity contribution is 0.0689. The molecule has 0 aliphatic carbocycles. The van der Waals surface area contributed by atoms with E-state index in [2.05, 4.69) is 10.2 Å². The van der Waals surface area contributed by atoms with Gasteiger partial charge in [0.1, 0.15) is 5.69 Å². The molecule has 2 heterocycles. The maximum absolute atomic E-state index is 10.7. The topological polar surface area (TPSA) is 93.5 Å². The highest BCUT2D eigenvalue weighted by atomic mass is 16.4.